The van der Waals surface area contributed by atoms with Gasteiger partial charge in [-0.1, -0.05) is 24.3 Å². The zero-order valence-corrected chi connectivity index (χ0v) is 10.8. The first-order chi connectivity index (χ1) is 9.09. The molecule has 0 N–H and O–H groups in total. The van der Waals surface area contributed by atoms with Crippen LogP contribution < -0.4 is 16.0 Å². The number of nitrogens with zero attached hydrogens (tertiary/aromatic N) is 2. The number of rotatable bonds is 0. The summed E-state index contributed by atoms with van der Waals surface area (Å²) in [5, 5.41) is 0. The number of ether oxygens (including phenoxy) is 1. The fourth-order valence-corrected chi connectivity index (χ4v) is 2.44. The Labute approximate surface area is 109 Å². The first kappa shape index (κ1) is 11.8. The third-order valence-corrected chi connectivity index (χ3v) is 3.55. The smallest absolute Gasteiger partial charge is 0.333 e. The van der Waals surface area contributed by atoms with Gasteiger partial charge in [0.15, 0.2) is 0 Å². The van der Waals surface area contributed by atoms with Gasteiger partial charge in [0.2, 0.25) is 5.88 Å². The van der Waals surface area contributed by atoms with Gasteiger partial charge < -0.3 is 4.74 Å². The quantitative estimate of drug-likeness (QED) is 0.694. The second-order valence-electron chi connectivity index (χ2n) is 4.72. The van der Waals surface area contributed by atoms with Gasteiger partial charge in [0.25, 0.3) is 5.56 Å². The van der Waals surface area contributed by atoms with Gasteiger partial charge >= 0.3 is 5.69 Å². The molecule has 3 rings (SSSR count). The minimum atomic E-state index is -0.366. The molecule has 0 aliphatic carbocycles. The van der Waals surface area contributed by atoms with Crippen LogP contribution in [0.5, 0.6) is 5.88 Å². The minimum Gasteiger partial charge on any atom is -0.474 e. The summed E-state index contributed by atoms with van der Waals surface area (Å²) in [6.07, 6.45) is 0.492. The largest absolute Gasteiger partial charge is 0.474 e. The van der Waals surface area contributed by atoms with Crippen molar-refractivity contribution >= 4 is 0 Å². The highest BCUT2D eigenvalue weighted by molar-refractivity contribution is 5.38. The molecule has 0 fully saturated rings. The van der Waals surface area contributed by atoms with Gasteiger partial charge in [-0.05, 0) is 11.1 Å². The Morgan fingerprint density at radius 2 is 1.74 bits per heavy atom. The van der Waals surface area contributed by atoms with Crippen molar-refractivity contribution in [3.05, 3.63) is 61.8 Å². The van der Waals surface area contributed by atoms with Gasteiger partial charge in [-0.15, -0.1) is 0 Å². The molecular formula is C14H14N2O3. The van der Waals surface area contributed by atoms with Crippen LogP contribution in [-0.2, 0) is 27.1 Å². The van der Waals surface area contributed by atoms with Crippen LogP contribution in [0.3, 0.4) is 0 Å². The summed E-state index contributed by atoms with van der Waals surface area (Å²) in [6, 6.07) is 7.84. The van der Waals surface area contributed by atoms with Crippen LogP contribution in [0, 0.1) is 0 Å². The maximum Gasteiger partial charge on any atom is 0.333 e. The maximum absolute atomic E-state index is 12.2. The zero-order chi connectivity index (χ0) is 13.6. The van der Waals surface area contributed by atoms with Gasteiger partial charge in [-0.2, -0.15) is 0 Å². The predicted octanol–water partition coefficient (Wildman–Crippen LogP) is 0.567. The molecule has 1 aromatic heterocycles. The minimum absolute atomic E-state index is 0.283. The number of aromatic nitrogens is 2. The van der Waals surface area contributed by atoms with Gasteiger partial charge in [-0.25, -0.2) is 4.79 Å². The van der Waals surface area contributed by atoms with Crippen LogP contribution in [0.25, 0.3) is 0 Å². The summed E-state index contributed by atoms with van der Waals surface area (Å²) in [6.45, 7) is 0.379. The van der Waals surface area contributed by atoms with E-state index in [4.69, 9.17) is 4.74 Å². The molecule has 0 amide bonds. The molecule has 0 unspecified atom stereocenters. The second-order valence-corrected chi connectivity index (χ2v) is 4.72. The van der Waals surface area contributed by atoms with Crippen LogP contribution in [0.15, 0.2) is 33.9 Å². The number of hydrogen-bond acceptors (Lipinski definition) is 3. The predicted molar refractivity (Wildman–Crippen MR) is 70.5 cm³/mol. The molecule has 5 nitrogen and oxygen atoms in total. The lowest BCUT2D eigenvalue weighted by Crippen LogP contribution is -2.39. The Morgan fingerprint density at radius 3 is 2.47 bits per heavy atom. The van der Waals surface area contributed by atoms with E-state index in [1.54, 1.807) is 7.05 Å². The van der Waals surface area contributed by atoms with Gasteiger partial charge in [0.1, 0.15) is 6.61 Å². The second kappa shape index (κ2) is 4.12. The molecule has 0 atom stereocenters. The van der Waals surface area contributed by atoms with Crippen molar-refractivity contribution in [3.8, 4) is 5.88 Å². The SMILES string of the molecule is Cn1c2c(c(=O)n(C)c1=O)Cc1ccccc1CO2. The van der Waals surface area contributed by atoms with Crippen molar-refractivity contribution in [1.29, 1.82) is 0 Å². The highest BCUT2D eigenvalue weighted by Gasteiger charge is 2.21. The first-order valence-corrected chi connectivity index (χ1v) is 6.08. The number of benzene rings is 1. The van der Waals surface area contributed by atoms with E-state index in [-0.39, 0.29) is 11.2 Å². The van der Waals surface area contributed by atoms with E-state index in [1.165, 1.54) is 11.6 Å². The fourth-order valence-electron chi connectivity index (χ4n) is 2.44. The molecule has 1 aromatic carbocycles. The van der Waals surface area contributed by atoms with Crippen LogP contribution >= 0.6 is 0 Å². The van der Waals surface area contributed by atoms with Crippen LogP contribution in [0.4, 0.5) is 0 Å². The maximum atomic E-state index is 12.2. The average molecular weight is 258 g/mol. The molecule has 2 heterocycles. The molecule has 0 bridgehead atoms. The molecule has 19 heavy (non-hydrogen) atoms. The number of hydrogen-bond donors (Lipinski definition) is 0. The Morgan fingerprint density at radius 1 is 1.05 bits per heavy atom. The van der Waals surface area contributed by atoms with E-state index in [0.29, 0.717) is 24.5 Å². The van der Waals surface area contributed by atoms with Crippen molar-refractivity contribution in [2.45, 2.75) is 13.0 Å². The van der Waals surface area contributed by atoms with Crippen LogP contribution in [0.1, 0.15) is 16.7 Å². The topological polar surface area (TPSA) is 53.2 Å². The molecule has 0 spiro atoms. The molecule has 1 aliphatic rings. The van der Waals surface area contributed by atoms with Crippen molar-refractivity contribution in [2.24, 2.45) is 14.1 Å². The Hall–Kier alpha value is -2.30. The van der Waals surface area contributed by atoms with E-state index < -0.39 is 0 Å². The molecule has 98 valence electrons. The van der Waals surface area contributed by atoms with Gasteiger partial charge in [0.05, 0.1) is 5.56 Å². The summed E-state index contributed by atoms with van der Waals surface area (Å²) < 4.78 is 8.18. The standard InChI is InChI=1S/C14H14N2O3/c1-15-12(17)11-7-9-5-3-4-6-10(9)8-19-13(11)16(2)14(15)18/h3-6H,7-8H2,1-2H3. The van der Waals surface area contributed by atoms with E-state index in [2.05, 4.69) is 0 Å². The summed E-state index contributed by atoms with van der Waals surface area (Å²) >= 11 is 0. The first-order valence-electron chi connectivity index (χ1n) is 6.08. The summed E-state index contributed by atoms with van der Waals surface area (Å²) in [5.74, 6) is 0.379. The molecule has 2 aromatic rings. The van der Waals surface area contributed by atoms with Gasteiger partial charge in [0, 0.05) is 20.5 Å². The lowest BCUT2D eigenvalue weighted by molar-refractivity contribution is 0.276. The molecular weight excluding hydrogens is 244 g/mol. The van der Waals surface area contributed by atoms with Crippen molar-refractivity contribution in [1.82, 2.24) is 9.13 Å². The van der Waals surface area contributed by atoms with E-state index in [0.717, 1.165) is 15.7 Å². The highest BCUT2D eigenvalue weighted by Crippen LogP contribution is 2.24. The van der Waals surface area contributed by atoms with Gasteiger partial charge in [-0.3, -0.25) is 13.9 Å². The molecule has 0 saturated heterocycles. The average Bonchev–Trinajstić information content (AvgIpc) is 2.62. The lowest BCUT2D eigenvalue weighted by Gasteiger charge is -2.12. The normalized spacial score (nSPS) is 13.2. The molecule has 5 heteroatoms. The van der Waals surface area contributed by atoms with Crippen LogP contribution in [0.2, 0.25) is 0 Å². The summed E-state index contributed by atoms with van der Waals surface area (Å²) in [5.41, 5.74) is 2.00. The van der Waals surface area contributed by atoms with E-state index >= 15 is 0 Å². The van der Waals surface area contributed by atoms with Crippen molar-refractivity contribution < 1.29 is 4.74 Å². The van der Waals surface area contributed by atoms with Crippen molar-refractivity contribution in [2.75, 3.05) is 0 Å². The summed E-state index contributed by atoms with van der Waals surface area (Å²) in [4.78, 5) is 24.1. The highest BCUT2D eigenvalue weighted by atomic mass is 16.5. The van der Waals surface area contributed by atoms with Crippen molar-refractivity contribution in [3.63, 3.8) is 0 Å². The monoisotopic (exact) mass is 258 g/mol. The number of fused-ring (bicyclic) bond motifs is 2. The summed E-state index contributed by atoms with van der Waals surface area (Å²) in [7, 11) is 3.11. The zero-order valence-electron chi connectivity index (χ0n) is 10.8. The Kier molecular flexibility index (Phi) is 2.55. The fraction of sp³-hybridized carbons (Fsp3) is 0.286. The van der Waals surface area contributed by atoms with E-state index in [1.807, 2.05) is 24.3 Å². The Bertz CT molecular complexity index is 771. The third kappa shape index (κ3) is 1.69. The third-order valence-electron chi connectivity index (χ3n) is 3.55. The van der Waals surface area contributed by atoms with Crippen LogP contribution in [-0.4, -0.2) is 9.13 Å². The molecule has 0 saturated carbocycles. The molecule has 1 aliphatic heterocycles. The lowest BCUT2D eigenvalue weighted by atomic mass is 10.0. The Balaban J connectivity index is 2.29. The molecule has 0 radical (unpaired) electrons. The van der Waals surface area contributed by atoms with E-state index in [9.17, 15) is 9.59 Å².